The van der Waals surface area contributed by atoms with Crippen molar-refractivity contribution in [3.63, 3.8) is 0 Å². The van der Waals surface area contributed by atoms with E-state index >= 15 is 0 Å². The van der Waals surface area contributed by atoms with E-state index in [0.29, 0.717) is 11.3 Å². The van der Waals surface area contributed by atoms with Crippen molar-refractivity contribution in [2.24, 2.45) is 0 Å². The predicted octanol–water partition coefficient (Wildman–Crippen LogP) is 3.21. The van der Waals surface area contributed by atoms with Crippen molar-refractivity contribution in [1.82, 2.24) is 10.6 Å². The largest absolute Gasteiger partial charge is 0.491 e. The van der Waals surface area contributed by atoms with Gasteiger partial charge in [-0.1, -0.05) is 18.2 Å². The van der Waals surface area contributed by atoms with Crippen molar-refractivity contribution in [2.45, 2.75) is 39.1 Å². The number of hydrogen-bond acceptors (Lipinski definition) is 4. The van der Waals surface area contributed by atoms with Gasteiger partial charge in [0, 0.05) is 11.3 Å². The van der Waals surface area contributed by atoms with Crippen molar-refractivity contribution in [3.8, 4) is 5.75 Å². The number of allylic oxidation sites excluding steroid dienone is 1. The molecule has 0 fully saturated rings. The quantitative estimate of drug-likeness (QED) is 0.779. The monoisotopic (exact) mass is 372 g/mol. The molecule has 1 heterocycles. The van der Waals surface area contributed by atoms with Crippen LogP contribution in [0.15, 0.2) is 35.5 Å². The zero-order valence-corrected chi connectivity index (χ0v) is 14.4. The van der Waals surface area contributed by atoms with Gasteiger partial charge < -0.3 is 20.1 Å². The van der Waals surface area contributed by atoms with Crippen LogP contribution in [0.4, 0.5) is 18.0 Å². The van der Waals surface area contributed by atoms with Crippen LogP contribution in [0.2, 0.25) is 0 Å². The number of benzene rings is 1. The minimum absolute atomic E-state index is 0.116. The average molecular weight is 372 g/mol. The van der Waals surface area contributed by atoms with Gasteiger partial charge in [0.2, 0.25) is 0 Å². The molecule has 0 saturated heterocycles. The molecule has 1 aromatic carbocycles. The van der Waals surface area contributed by atoms with Crippen LogP contribution < -0.4 is 15.4 Å². The SMILES string of the molecule is CC1=C(C(=O)OCC(F)(F)F)C(c2ccccc2OC(C)C)NC(=O)N1. The molecule has 0 aromatic heterocycles. The first-order chi connectivity index (χ1) is 12.1. The first kappa shape index (κ1) is 19.6. The van der Waals surface area contributed by atoms with Gasteiger partial charge in [0.15, 0.2) is 6.61 Å². The number of ether oxygens (including phenoxy) is 2. The second-order valence-corrected chi connectivity index (χ2v) is 5.97. The van der Waals surface area contributed by atoms with Gasteiger partial charge in [-0.3, -0.25) is 0 Å². The lowest BCUT2D eigenvalue weighted by atomic mass is 9.95. The molecule has 2 amide bonds. The van der Waals surface area contributed by atoms with Gasteiger partial charge in [0.05, 0.1) is 17.7 Å². The summed E-state index contributed by atoms with van der Waals surface area (Å²) in [5, 5.41) is 4.91. The van der Waals surface area contributed by atoms with E-state index in [9.17, 15) is 22.8 Å². The number of alkyl halides is 3. The molecule has 1 atom stereocenters. The lowest BCUT2D eigenvalue weighted by molar-refractivity contribution is -0.183. The highest BCUT2D eigenvalue weighted by atomic mass is 19.4. The second-order valence-electron chi connectivity index (χ2n) is 5.97. The maximum Gasteiger partial charge on any atom is 0.422 e. The highest BCUT2D eigenvalue weighted by molar-refractivity contribution is 5.95. The maximum atomic E-state index is 12.4. The van der Waals surface area contributed by atoms with Crippen molar-refractivity contribution < 1.29 is 32.2 Å². The number of para-hydroxylation sites is 1. The third kappa shape index (κ3) is 4.90. The first-order valence-electron chi connectivity index (χ1n) is 7.86. The second kappa shape index (κ2) is 7.67. The Morgan fingerprint density at radius 1 is 1.27 bits per heavy atom. The van der Waals surface area contributed by atoms with Crippen molar-refractivity contribution in [3.05, 3.63) is 41.1 Å². The molecular formula is C17H19F3N2O4. The Hall–Kier alpha value is -2.71. The zero-order valence-electron chi connectivity index (χ0n) is 14.4. The third-order valence-electron chi connectivity index (χ3n) is 3.45. The van der Waals surface area contributed by atoms with Crippen LogP contribution in [0.5, 0.6) is 5.75 Å². The summed E-state index contributed by atoms with van der Waals surface area (Å²) < 4.78 is 47.2. The van der Waals surface area contributed by atoms with E-state index in [1.165, 1.54) is 6.92 Å². The highest BCUT2D eigenvalue weighted by Gasteiger charge is 2.36. The van der Waals surface area contributed by atoms with Crippen LogP contribution in [-0.2, 0) is 9.53 Å². The average Bonchev–Trinajstić information content (AvgIpc) is 2.51. The molecule has 1 aromatic rings. The highest BCUT2D eigenvalue weighted by Crippen LogP contribution is 2.34. The van der Waals surface area contributed by atoms with Crippen LogP contribution in [0.25, 0.3) is 0 Å². The molecule has 9 heteroatoms. The standard InChI is InChI=1S/C17H19F3N2O4/c1-9(2)26-12-7-5-4-6-11(12)14-13(10(3)21-16(24)22-14)15(23)25-8-17(18,19)20/h4-7,9,14H,8H2,1-3H3,(H2,21,22,24). The number of urea groups is 1. The van der Waals surface area contributed by atoms with Crippen LogP contribution in [0.1, 0.15) is 32.4 Å². The van der Waals surface area contributed by atoms with E-state index in [2.05, 4.69) is 15.4 Å². The van der Waals surface area contributed by atoms with Crippen LogP contribution in [0, 0.1) is 0 Å². The Morgan fingerprint density at radius 3 is 2.54 bits per heavy atom. The molecule has 6 nitrogen and oxygen atoms in total. The minimum Gasteiger partial charge on any atom is -0.491 e. The number of rotatable bonds is 5. The number of amides is 2. The molecular weight excluding hydrogens is 353 g/mol. The van der Waals surface area contributed by atoms with Gasteiger partial charge in [0.25, 0.3) is 0 Å². The van der Waals surface area contributed by atoms with Gasteiger partial charge in [-0.15, -0.1) is 0 Å². The molecule has 0 saturated carbocycles. The number of carbonyl (C=O) groups excluding carboxylic acids is 2. The van der Waals surface area contributed by atoms with Crippen molar-refractivity contribution >= 4 is 12.0 Å². The molecule has 0 bridgehead atoms. The van der Waals surface area contributed by atoms with E-state index in [0.717, 1.165) is 0 Å². The lowest BCUT2D eigenvalue weighted by Crippen LogP contribution is -2.45. The third-order valence-corrected chi connectivity index (χ3v) is 3.45. The summed E-state index contributed by atoms with van der Waals surface area (Å²) in [5.41, 5.74) is 0.438. The van der Waals surface area contributed by atoms with Gasteiger partial charge in [-0.05, 0) is 26.8 Å². The molecule has 26 heavy (non-hydrogen) atoms. The van der Waals surface area contributed by atoms with E-state index in [1.54, 1.807) is 38.1 Å². The Morgan fingerprint density at radius 2 is 1.92 bits per heavy atom. The summed E-state index contributed by atoms with van der Waals surface area (Å²) in [7, 11) is 0. The van der Waals surface area contributed by atoms with Crippen LogP contribution in [0.3, 0.4) is 0 Å². The van der Waals surface area contributed by atoms with Gasteiger partial charge in [-0.2, -0.15) is 13.2 Å². The molecule has 1 aliphatic heterocycles. The van der Waals surface area contributed by atoms with E-state index in [-0.39, 0.29) is 17.4 Å². The number of halogens is 3. The molecule has 0 spiro atoms. The fourth-order valence-electron chi connectivity index (χ4n) is 2.50. The van der Waals surface area contributed by atoms with E-state index in [1.807, 2.05) is 0 Å². The molecule has 0 radical (unpaired) electrons. The van der Waals surface area contributed by atoms with Crippen LogP contribution >= 0.6 is 0 Å². The summed E-state index contributed by atoms with van der Waals surface area (Å²) in [6.45, 7) is 3.31. The fourth-order valence-corrected chi connectivity index (χ4v) is 2.50. The molecule has 1 aliphatic rings. The summed E-state index contributed by atoms with van der Waals surface area (Å²) in [6, 6.07) is 5.07. The zero-order chi connectivity index (χ0) is 19.5. The fraction of sp³-hybridized carbons (Fsp3) is 0.412. The summed E-state index contributed by atoms with van der Waals surface area (Å²) in [4.78, 5) is 24.1. The smallest absolute Gasteiger partial charge is 0.422 e. The number of nitrogens with one attached hydrogen (secondary N) is 2. The van der Waals surface area contributed by atoms with Gasteiger partial charge in [0.1, 0.15) is 5.75 Å². The Labute approximate surface area is 148 Å². The summed E-state index contributed by atoms with van der Waals surface area (Å²) >= 11 is 0. The summed E-state index contributed by atoms with van der Waals surface area (Å²) in [5.74, 6) is -0.764. The molecule has 2 rings (SSSR count). The molecule has 1 unspecified atom stereocenters. The topological polar surface area (TPSA) is 76.7 Å². The Kier molecular flexibility index (Phi) is 5.79. The number of hydrogen-bond donors (Lipinski definition) is 2. The number of carbonyl (C=O) groups is 2. The maximum absolute atomic E-state index is 12.4. The number of esters is 1. The molecule has 0 aliphatic carbocycles. The molecule has 142 valence electrons. The van der Waals surface area contributed by atoms with Crippen molar-refractivity contribution in [1.29, 1.82) is 0 Å². The molecule has 2 N–H and O–H groups in total. The summed E-state index contributed by atoms with van der Waals surface area (Å²) in [6.07, 6.45) is -4.83. The van der Waals surface area contributed by atoms with Crippen LogP contribution in [-0.4, -0.2) is 30.9 Å². The normalized spacial score (nSPS) is 17.7. The van der Waals surface area contributed by atoms with Crippen molar-refractivity contribution in [2.75, 3.05) is 6.61 Å². The van der Waals surface area contributed by atoms with Gasteiger partial charge >= 0.3 is 18.2 Å². The first-order valence-corrected chi connectivity index (χ1v) is 7.86. The predicted molar refractivity (Wildman–Crippen MR) is 86.3 cm³/mol. The van der Waals surface area contributed by atoms with E-state index in [4.69, 9.17) is 4.74 Å². The lowest BCUT2D eigenvalue weighted by Gasteiger charge is -2.29. The van der Waals surface area contributed by atoms with E-state index < -0.39 is 30.8 Å². The van der Waals surface area contributed by atoms with Gasteiger partial charge in [-0.25, -0.2) is 9.59 Å². The Bertz CT molecular complexity index is 729. The minimum atomic E-state index is -4.65. The Balaban J connectivity index is 2.40.